The third kappa shape index (κ3) is 3.08. The first-order valence-corrected chi connectivity index (χ1v) is 8.70. The standard InChI is InChI=1S/C19H26N4/c1-3-4-11-17-22-18-14(2)21-16-10-6-5-9-15(16)19(18)23(17)13-8-7-12-20/h5-6,9-10H,3-4,7-8,11-13,20H2,1-2H3. The number of para-hydroxylation sites is 1. The van der Waals surface area contributed by atoms with Gasteiger partial charge >= 0.3 is 0 Å². The summed E-state index contributed by atoms with van der Waals surface area (Å²) in [6.07, 6.45) is 5.53. The monoisotopic (exact) mass is 310 g/mol. The molecule has 0 amide bonds. The Kier molecular flexibility index (Phi) is 4.91. The molecule has 2 heterocycles. The number of benzene rings is 1. The lowest BCUT2D eigenvalue weighted by molar-refractivity contribution is 0.593. The molecule has 2 aromatic heterocycles. The van der Waals surface area contributed by atoms with Crippen LogP contribution in [0.2, 0.25) is 0 Å². The van der Waals surface area contributed by atoms with Crippen LogP contribution in [0.4, 0.5) is 0 Å². The highest BCUT2D eigenvalue weighted by Crippen LogP contribution is 2.28. The van der Waals surface area contributed by atoms with E-state index >= 15 is 0 Å². The van der Waals surface area contributed by atoms with Gasteiger partial charge in [0.05, 0.1) is 16.7 Å². The number of nitrogens with two attached hydrogens (primary N) is 1. The Morgan fingerprint density at radius 2 is 1.91 bits per heavy atom. The predicted octanol–water partition coefficient (Wildman–Crippen LogP) is 3.97. The Hall–Kier alpha value is -1.94. The zero-order valence-corrected chi connectivity index (χ0v) is 14.2. The van der Waals surface area contributed by atoms with Crippen LogP contribution in [-0.2, 0) is 13.0 Å². The zero-order chi connectivity index (χ0) is 16.2. The van der Waals surface area contributed by atoms with Gasteiger partial charge in [0.25, 0.3) is 0 Å². The smallest absolute Gasteiger partial charge is 0.111 e. The van der Waals surface area contributed by atoms with Crippen LogP contribution in [0.25, 0.3) is 21.9 Å². The molecule has 3 rings (SSSR count). The summed E-state index contributed by atoms with van der Waals surface area (Å²) in [5, 5.41) is 1.20. The molecule has 0 spiro atoms. The van der Waals surface area contributed by atoms with Crippen molar-refractivity contribution in [2.75, 3.05) is 6.54 Å². The Balaban J connectivity index is 2.19. The number of aryl methyl sites for hydroxylation is 3. The summed E-state index contributed by atoms with van der Waals surface area (Å²) in [6, 6.07) is 8.38. The summed E-state index contributed by atoms with van der Waals surface area (Å²) < 4.78 is 2.41. The second-order valence-corrected chi connectivity index (χ2v) is 6.19. The molecule has 0 saturated carbocycles. The maximum absolute atomic E-state index is 5.68. The van der Waals surface area contributed by atoms with E-state index in [1.807, 2.05) is 6.07 Å². The molecule has 122 valence electrons. The number of aromatic nitrogens is 3. The molecule has 0 aliphatic heterocycles. The number of unbranched alkanes of at least 4 members (excludes halogenated alkanes) is 2. The maximum atomic E-state index is 5.68. The molecule has 0 bridgehead atoms. The molecule has 0 atom stereocenters. The second kappa shape index (κ2) is 7.09. The third-order valence-electron chi connectivity index (χ3n) is 4.43. The summed E-state index contributed by atoms with van der Waals surface area (Å²) in [4.78, 5) is 9.69. The lowest BCUT2D eigenvalue weighted by atomic mass is 10.1. The Bertz CT molecular complexity index is 804. The molecule has 0 unspecified atom stereocenters. The average Bonchev–Trinajstić information content (AvgIpc) is 2.93. The number of fused-ring (bicyclic) bond motifs is 3. The highest BCUT2D eigenvalue weighted by atomic mass is 15.1. The van der Waals surface area contributed by atoms with Gasteiger partial charge < -0.3 is 10.3 Å². The molecule has 1 aromatic carbocycles. The number of hydrogen-bond donors (Lipinski definition) is 1. The molecule has 23 heavy (non-hydrogen) atoms. The molecule has 4 nitrogen and oxygen atoms in total. The Labute approximate surface area is 137 Å². The molecule has 0 aliphatic carbocycles. The van der Waals surface area contributed by atoms with Crippen LogP contribution in [0.15, 0.2) is 24.3 Å². The largest absolute Gasteiger partial charge is 0.330 e. The van der Waals surface area contributed by atoms with E-state index in [0.717, 1.165) is 49.1 Å². The van der Waals surface area contributed by atoms with Gasteiger partial charge in [-0.05, 0) is 38.8 Å². The van der Waals surface area contributed by atoms with Crippen LogP contribution >= 0.6 is 0 Å². The number of hydrogen-bond acceptors (Lipinski definition) is 3. The average molecular weight is 310 g/mol. The Morgan fingerprint density at radius 1 is 1.09 bits per heavy atom. The van der Waals surface area contributed by atoms with E-state index in [4.69, 9.17) is 15.7 Å². The van der Waals surface area contributed by atoms with E-state index in [1.54, 1.807) is 0 Å². The molecule has 0 saturated heterocycles. The predicted molar refractivity (Wildman–Crippen MR) is 96.7 cm³/mol. The van der Waals surface area contributed by atoms with E-state index in [0.29, 0.717) is 0 Å². The molecule has 0 aliphatic rings. The maximum Gasteiger partial charge on any atom is 0.111 e. The quantitative estimate of drug-likeness (QED) is 0.672. The van der Waals surface area contributed by atoms with Gasteiger partial charge in [0.1, 0.15) is 11.3 Å². The summed E-state index contributed by atoms with van der Waals surface area (Å²) in [6.45, 7) is 6.03. The number of pyridine rings is 1. The molecule has 3 aromatic rings. The summed E-state index contributed by atoms with van der Waals surface area (Å²) >= 11 is 0. The van der Waals surface area contributed by atoms with Gasteiger partial charge in [-0.15, -0.1) is 0 Å². The molecule has 4 heteroatoms. The van der Waals surface area contributed by atoms with Crippen LogP contribution in [0.3, 0.4) is 0 Å². The first kappa shape index (κ1) is 15.9. The lowest BCUT2D eigenvalue weighted by Crippen LogP contribution is -2.07. The van der Waals surface area contributed by atoms with Gasteiger partial charge in [-0.25, -0.2) is 4.98 Å². The van der Waals surface area contributed by atoms with Gasteiger partial charge in [0.15, 0.2) is 0 Å². The minimum Gasteiger partial charge on any atom is -0.330 e. The SMILES string of the molecule is CCCCc1nc2c(C)nc3ccccc3c2n1CCCCN. The van der Waals surface area contributed by atoms with Crippen molar-refractivity contribution < 1.29 is 0 Å². The highest BCUT2D eigenvalue weighted by Gasteiger charge is 2.16. The Morgan fingerprint density at radius 3 is 2.70 bits per heavy atom. The lowest BCUT2D eigenvalue weighted by Gasteiger charge is -2.10. The van der Waals surface area contributed by atoms with E-state index in [2.05, 4.69) is 36.6 Å². The fraction of sp³-hybridized carbons (Fsp3) is 0.474. The van der Waals surface area contributed by atoms with Gasteiger partial charge in [0, 0.05) is 18.4 Å². The topological polar surface area (TPSA) is 56.7 Å². The summed E-state index contributed by atoms with van der Waals surface area (Å²) in [5.41, 5.74) is 10.1. The summed E-state index contributed by atoms with van der Waals surface area (Å²) in [7, 11) is 0. The number of rotatable bonds is 7. The zero-order valence-electron chi connectivity index (χ0n) is 14.2. The van der Waals surface area contributed by atoms with Crippen molar-refractivity contribution in [1.82, 2.24) is 14.5 Å². The van der Waals surface area contributed by atoms with Crippen molar-refractivity contribution in [3.05, 3.63) is 35.8 Å². The van der Waals surface area contributed by atoms with Crippen LogP contribution < -0.4 is 5.73 Å². The minimum absolute atomic E-state index is 0.748. The van der Waals surface area contributed by atoms with Crippen molar-refractivity contribution in [2.45, 2.75) is 52.5 Å². The first-order chi connectivity index (χ1) is 11.3. The molecular weight excluding hydrogens is 284 g/mol. The van der Waals surface area contributed by atoms with Gasteiger partial charge in [-0.3, -0.25) is 4.98 Å². The van der Waals surface area contributed by atoms with Crippen molar-refractivity contribution >= 4 is 21.9 Å². The number of imidazole rings is 1. The van der Waals surface area contributed by atoms with E-state index in [9.17, 15) is 0 Å². The molecule has 0 fully saturated rings. The van der Waals surface area contributed by atoms with E-state index < -0.39 is 0 Å². The van der Waals surface area contributed by atoms with Crippen LogP contribution in [0.1, 0.15) is 44.1 Å². The number of nitrogens with zero attached hydrogens (tertiary/aromatic N) is 3. The van der Waals surface area contributed by atoms with Crippen LogP contribution in [0.5, 0.6) is 0 Å². The van der Waals surface area contributed by atoms with E-state index in [1.165, 1.54) is 29.6 Å². The normalized spacial score (nSPS) is 11.6. The highest BCUT2D eigenvalue weighted by molar-refractivity contribution is 6.03. The molecule has 2 N–H and O–H groups in total. The second-order valence-electron chi connectivity index (χ2n) is 6.19. The van der Waals surface area contributed by atoms with Gasteiger partial charge in [-0.2, -0.15) is 0 Å². The van der Waals surface area contributed by atoms with Crippen LogP contribution in [-0.4, -0.2) is 21.1 Å². The van der Waals surface area contributed by atoms with E-state index in [-0.39, 0.29) is 0 Å². The van der Waals surface area contributed by atoms with Crippen LogP contribution in [0, 0.1) is 6.92 Å². The fourth-order valence-electron chi connectivity index (χ4n) is 3.21. The van der Waals surface area contributed by atoms with Crippen molar-refractivity contribution in [3.8, 4) is 0 Å². The van der Waals surface area contributed by atoms with Gasteiger partial charge in [0.2, 0.25) is 0 Å². The molecule has 0 radical (unpaired) electrons. The third-order valence-corrected chi connectivity index (χ3v) is 4.43. The van der Waals surface area contributed by atoms with Crippen molar-refractivity contribution in [1.29, 1.82) is 0 Å². The van der Waals surface area contributed by atoms with Crippen molar-refractivity contribution in [2.24, 2.45) is 5.73 Å². The van der Waals surface area contributed by atoms with Crippen molar-refractivity contribution in [3.63, 3.8) is 0 Å². The first-order valence-electron chi connectivity index (χ1n) is 8.70. The molecular formula is C19H26N4. The minimum atomic E-state index is 0.748. The van der Waals surface area contributed by atoms with Gasteiger partial charge in [-0.1, -0.05) is 31.5 Å². The summed E-state index contributed by atoms with van der Waals surface area (Å²) in [5.74, 6) is 1.19. The fourth-order valence-corrected chi connectivity index (χ4v) is 3.21.